The van der Waals surface area contributed by atoms with Crippen molar-refractivity contribution in [2.75, 3.05) is 6.61 Å². The first-order valence-electron chi connectivity index (χ1n) is 5.75. The number of aliphatic hydroxyl groups is 3. The molecule has 0 aromatic carbocycles. The highest BCUT2D eigenvalue weighted by atomic mass is 32.2. The predicted octanol–water partition coefficient (Wildman–Crippen LogP) is -1.43. The first kappa shape index (κ1) is 18.0. The van der Waals surface area contributed by atoms with E-state index in [1.54, 1.807) is 6.92 Å². The highest BCUT2D eigenvalue weighted by Crippen LogP contribution is 2.37. The Morgan fingerprint density at radius 2 is 1.85 bits per heavy atom. The average Bonchev–Trinajstić information content (AvgIpc) is 2.36. The molecule has 0 aromatic heterocycles. The van der Waals surface area contributed by atoms with Crippen molar-refractivity contribution in [3.8, 4) is 0 Å². The van der Waals surface area contributed by atoms with Crippen molar-refractivity contribution in [2.24, 2.45) is 0 Å². The summed E-state index contributed by atoms with van der Waals surface area (Å²) < 4.78 is 20.0. The number of phosphoric acid groups is 1. The van der Waals surface area contributed by atoms with Gasteiger partial charge in [-0.25, -0.2) is 4.57 Å². The van der Waals surface area contributed by atoms with Crippen molar-refractivity contribution in [2.45, 2.75) is 43.2 Å². The zero-order valence-corrected chi connectivity index (χ0v) is 12.2. The van der Waals surface area contributed by atoms with Gasteiger partial charge in [-0.15, -0.1) is 0 Å². The summed E-state index contributed by atoms with van der Waals surface area (Å²) in [5, 5.41) is 28.7. The van der Waals surface area contributed by atoms with Gasteiger partial charge in [-0.2, -0.15) is 0 Å². The van der Waals surface area contributed by atoms with E-state index in [9.17, 15) is 24.7 Å². The summed E-state index contributed by atoms with van der Waals surface area (Å²) in [6, 6.07) is 0. The van der Waals surface area contributed by atoms with Crippen LogP contribution in [0.15, 0.2) is 0 Å². The lowest BCUT2D eigenvalue weighted by Crippen LogP contribution is -2.57. The van der Waals surface area contributed by atoms with Gasteiger partial charge in [-0.1, -0.05) is 18.7 Å². The van der Waals surface area contributed by atoms with Gasteiger partial charge in [0.25, 0.3) is 0 Å². The Kier molecular flexibility index (Phi) is 6.58. The van der Waals surface area contributed by atoms with Crippen molar-refractivity contribution >= 4 is 24.7 Å². The maximum atomic E-state index is 11.3. The number of hydrogen-bond donors (Lipinski definition) is 5. The first-order valence-corrected chi connectivity index (χ1v) is 8.16. The molecular formula is C9H17O9PS. The SMILES string of the molecule is CCC(=O)SC1O[C@H](COP(=O)(O)O)[C@@H](O)[C@H](O)[C@@H]1O. The summed E-state index contributed by atoms with van der Waals surface area (Å²) in [5.41, 5.74) is -1.15. The second-order valence-corrected chi connectivity index (χ2v) is 6.54. The standard InChI is InChI=1S/C9H17O9PS/c1-2-5(10)20-9-8(13)7(12)6(11)4(18-9)3-17-19(14,15)16/h4,6-9,11-13H,2-3H2,1H3,(H2,14,15,16)/t4-,6-,7+,8+,9?/m1/s1. The molecule has 1 rings (SSSR count). The van der Waals surface area contributed by atoms with Crippen molar-refractivity contribution in [1.82, 2.24) is 0 Å². The van der Waals surface area contributed by atoms with E-state index in [0.717, 1.165) is 0 Å². The molecule has 1 unspecified atom stereocenters. The van der Waals surface area contributed by atoms with Gasteiger partial charge in [0, 0.05) is 6.42 Å². The van der Waals surface area contributed by atoms with E-state index in [2.05, 4.69) is 4.52 Å². The van der Waals surface area contributed by atoms with Crippen LogP contribution in [-0.4, -0.2) is 66.7 Å². The van der Waals surface area contributed by atoms with Crippen LogP contribution >= 0.6 is 19.6 Å². The maximum Gasteiger partial charge on any atom is 0.469 e. The second-order valence-electron chi connectivity index (χ2n) is 4.14. The van der Waals surface area contributed by atoms with Gasteiger partial charge in [0.1, 0.15) is 29.9 Å². The van der Waals surface area contributed by atoms with E-state index in [1.807, 2.05) is 0 Å². The Bertz CT molecular complexity index is 386. The van der Waals surface area contributed by atoms with E-state index < -0.39 is 44.3 Å². The van der Waals surface area contributed by atoms with Gasteiger partial charge in [-0.3, -0.25) is 9.32 Å². The Balaban J connectivity index is 2.70. The lowest BCUT2D eigenvalue weighted by atomic mass is 10.0. The molecule has 0 radical (unpaired) electrons. The second kappa shape index (κ2) is 7.30. The molecule has 1 aliphatic rings. The number of aliphatic hydroxyl groups excluding tert-OH is 3. The third-order valence-corrected chi connectivity index (χ3v) is 4.27. The molecule has 0 aliphatic carbocycles. The number of carbonyl (C=O) groups excluding carboxylic acids is 1. The van der Waals surface area contributed by atoms with Crippen LogP contribution in [0.25, 0.3) is 0 Å². The van der Waals surface area contributed by atoms with E-state index >= 15 is 0 Å². The minimum Gasteiger partial charge on any atom is -0.387 e. The lowest BCUT2D eigenvalue weighted by molar-refractivity contribution is -0.204. The fourth-order valence-corrected chi connectivity index (χ4v) is 2.80. The Morgan fingerprint density at radius 3 is 2.35 bits per heavy atom. The smallest absolute Gasteiger partial charge is 0.387 e. The molecule has 1 aliphatic heterocycles. The molecule has 20 heavy (non-hydrogen) atoms. The van der Waals surface area contributed by atoms with Crippen LogP contribution in [0.3, 0.4) is 0 Å². The monoisotopic (exact) mass is 332 g/mol. The molecule has 9 nitrogen and oxygen atoms in total. The first-order chi connectivity index (χ1) is 9.15. The van der Waals surface area contributed by atoms with E-state index in [0.29, 0.717) is 11.8 Å². The lowest BCUT2D eigenvalue weighted by Gasteiger charge is -2.39. The quantitative estimate of drug-likeness (QED) is 0.379. The van der Waals surface area contributed by atoms with Crippen LogP contribution in [0.1, 0.15) is 13.3 Å². The summed E-state index contributed by atoms with van der Waals surface area (Å²) in [4.78, 5) is 28.5. The summed E-state index contributed by atoms with van der Waals surface area (Å²) in [6.45, 7) is 0.913. The van der Waals surface area contributed by atoms with Crippen LogP contribution in [0.4, 0.5) is 0 Å². The number of phosphoric ester groups is 1. The maximum absolute atomic E-state index is 11.3. The van der Waals surface area contributed by atoms with Crippen molar-refractivity contribution in [3.05, 3.63) is 0 Å². The normalized spacial score (nSPS) is 35.0. The van der Waals surface area contributed by atoms with E-state index in [-0.39, 0.29) is 11.5 Å². The number of thioether (sulfide) groups is 1. The number of hydrogen-bond acceptors (Lipinski definition) is 8. The Labute approximate surface area is 119 Å². The summed E-state index contributed by atoms with van der Waals surface area (Å²) in [6.07, 6.45) is -5.80. The Hall–Kier alpha value is -0.0300. The minimum atomic E-state index is -4.76. The molecule has 1 fully saturated rings. The predicted molar refractivity (Wildman–Crippen MR) is 67.6 cm³/mol. The molecule has 1 heterocycles. The zero-order valence-electron chi connectivity index (χ0n) is 10.5. The number of rotatable bonds is 5. The van der Waals surface area contributed by atoms with Crippen molar-refractivity contribution in [1.29, 1.82) is 0 Å². The van der Waals surface area contributed by atoms with Crippen LogP contribution in [0.2, 0.25) is 0 Å². The Morgan fingerprint density at radius 1 is 1.25 bits per heavy atom. The largest absolute Gasteiger partial charge is 0.469 e. The van der Waals surface area contributed by atoms with E-state index in [4.69, 9.17) is 14.5 Å². The third kappa shape index (κ3) is 5.06. The van der Waals surface area contributed by atoms with Gasteiger partial charge in [0.05, 0.1) is 6.61 Å². The average molecular weight is 332 g/mol. The molecule has 1 saturated heterocycles. The van der Waals surface area contributed by atoms with Gasteiger partial charge >= 0.3 is 7.82 Å². The van der Waals surface area contributed by atoms with Crippen molar-refractivity contribution in [3.63, 3.8) is 0 Å². The molecule has 0 bridgehead atoms. The molecule has 11 heteroatoms. The molecule has 5 atom stereocenters. The highest BCUT2D eigenvalue weighted by Gasteiger charge is 2.45. The van der Waals surface area contributed by atoms with E-state index in [1.165, 1.54) is 0 Å². The molecule has 0 amide bonds. The molecule has 0 saturated carbocycles. The van der Waals surface area contributed by atoms with Crippen LogP contribution in [-0.2, 0) is 18.6 Å². The van der Waals surface area contributed by atoms with Crippen LogP contribution in [0.5, 0.6) is 0 Å². The summed E-state index contributed by atoms with van der Waals surface area (Å²) in [5.74, 6) is 0. The zero-order chi connectivity index (χ0) is 15.5. The molecule has 0 aromatic rings. The fourth-order valence-electron chi connectivity index (χ4n) is 1.54. The van der Waals surface area contributed by atoms with Gasteiger partial charge in [0.15, 0.2) is 5.12 Å². The van der Waals surface area contributed by atoms with Crippen LogP contribution < -0.4 is 0 Å². The fraction of sp³-hybridized carbons (Fsp3) is 0.889. The highest BCUT2D eigenvalue weighted by molar-refractivity contribution is 8.14. The van der Waals surface area contributed by atoms with Crippen LogP contribution in [0, 0.1) is 0 Å². The van der Waals surface area contributed by atoms with Crippen molar-refractivity contribution < 1.29 is 43.7 Å². The summed E-state index contributed by atoms with van der Waals surface area (Å²) in [7, 11) is -4.76. The number of carbonyl (C=O) groups is 1. The molecular weight excluding hydrogens is 315 g/mol. The topological polar surface area (TPSA) is 154 Å². The summed E-state index contributed by atoms with van der Waals surface area (Å²) >= 11 is 0.640. The molecule has 118 valence electrons. The third-order valence-electron chi connectivity index (χ3n) is 2.61. The molecule has 5 N–H and O–H groups in total. The van der Waals surface area contributed by atoms with Gasteiger partial charge in [-0.05, 0) is 0 Å². The number of ether oxygens (including phenoxy) is 1. The van der Waals surface area contributed by atoms with Gasteiger partial charge < -0.3 is 29.8 Å². The minimum absolute atomic E-state index is 0.180. The molecule has 0 spiro atoms. The van der Waals surface area contributed by atoms with Gasteiger partial charge in [0.2, 0.25) is 0 Å².